The number of piperidine rings is 1. The number of methoxy groups -OCH3 is 1. The van der Waals surface area contributed by atoms with Gasteiger partial charge in [-0.2, -0.15) is 0 Å². The van der Waals surface area contributed by atoms with E-state index in [1.165, 1.54) is 19.3 Å². The first-order valence-electron chi connectivity index (χ1n) is 7.82. The molecule has 4 nitrogen and oxygen atoms in total. The van der Waals surface area contributed by atoms with Gasteiger partial charge in [0, 0.05) is 13.1 Å². The van der Waals surface area contributed by atoms with Crippen molar-refractivity contribution in [3.8, 4) is 5.75 Å². The zero-order valence-electron chi connectivity index (χ0n) is 12.7. The highest BCUT2D eigenvalue weighted by molar-refractivity contribution is 5.79. The highest BCUT2D eigenvalue weighted by Crippen LogP contribution is 2.38. The molecule has 0 unspecified atom stereocenters. The molecule has 2 aliphatic heterocycles. The Balaban J connectivity index is 1.61. The summed E-state index contributed by atoms with van der Waals surface area (Å²) < 4.78 is 5.22. The number of carbonyl (C=O) groups excluding carboxylic acids is 1. The lowest BCUT2D eigenvalue weighted by molar-refractivity contribution is -0.129. The molecule has 0 radical (unpaired) electrons. The number of likely N-dealkylation sites (tertiary alicyclic amines) is 1. The molecule has 4 heteroatoms. The number of benzene rings is 1. The SMILES string of the molecule is COc1cccc(CC(=O)N2CCC3(CCNCC3)C2)c1. The molecule has 3 rings (SSSR count). The lowest BCUT2D eigenvalue weighted by atomic mass is 9.78. The molecule has 0 aliphatic carbocycles. The maximum Gasteiger partial charge on any atom is 0.227 e. The fourth-order valence-corrected chi connectivity index (χ4v) is 3.58. The minimum atomic E-state index is 0.249. The molecule has 0 atom stereocenters. The largest absolute Gasteiger partial charge is 0.497 e. The molecule has 1 N–H and O–H groups in total. The van der Waals surface area contributed by atoms with Crippen LogP contribution in [0.15, 0.2) is 24.3 Å². The normalized spacial score (nSPS) is 20.7. The van der Waals surface area contributed by atoms with Crippen molar-refractivity contribution in [2.45, 2.75) is 25.7 Å². The van der Waals surface area contributed by atoms with Crippen LogP contribution >= 0.6 is 0 Å². The first kappa shape index (κ1) is 14.4. The first-order chi connectivity index (χ1) is 10.2. The molecule has 0 saturated carbocycles. The van der Waals surface area contributed by atoms with E-state index < -0.39 is 0 Å². The summed E-state index contributed by atoms with van der Waals surface area (Å²) in [5.41, 5.74) is 1.42. The molecule has 1 amide bonds. The third-order valence-corrected chi connectivity index (χ3v) is 4.94. The second-order valence-electron chi connectivity index (χ2n) is 6.34. The zero-order valence-corrected chi connectivity index (χ0v) is 12.7. The molecule has 1 spiro atoms. The molecule has 1 aromatic rings. The molecule has 2 aliphatic rings. The van der Waals surface area contributed by atoms with Gasteiger partial charge in [0.05, 0.1) is 13.5 Å². The quantitative estimate of drug-likeness (QED) is 0.923. The lowest BCUT2D eigenvalue weighted by Gasteiger charge is -2.33. The molecule has 2 saturated heterocycles. The summed E-state index contributed by atoms with van der Waals surface area (Å²) in [4.78, 5) is 14.6. The van der Waals surface area contributed by atoms with E-state index in [1.54, 1.807) is 7.11 Å². The maximum absolute atomic E-state index is 12.5. The van der Waals surface area contributed by atoms with Crippen LogP contribution in [0, 0.1) is 5.41 Å². The van der Waals surface area contributed by atoms with Gasteiger partial charge in [0.2, 0.25) is 5.91 Å². The number of hydrogen-bond donors (Lipinski definition) is 1. The molecule has 2 fully saturated rings. The van der Waals surface area contributed by atoms with Crippen LogP contribution in [0.4, 0.5) is 0 Å². The highest BCUT2D eigenvalue weighted by Gasteiger charge is 2.40. The Morgan fingerprint density at radius 2 is 2.14 bits per heavy atom. The summed E-state index contributed by atoms with van der Waals surface area (Å²) in [6.07, 6.45) is 4.05. The van der Waals surface area contributed by atoms with E-state index in [0.717, 1.165) is 37.5 Å². The van der Waals surface area contributed by atoms with Crippen LogP contribution in [0.2, 0.25) is 0 Å². The van der Waals surface area contributed by atoms with Crippen LogP contribution in [-0.2, 0) is 11.2 Å². The van der Waals surface area contributed by atoms with Gasteiger partial charge in [0.1, 0.15) is 5.75 Å². The second kappa shape index (κ2) is 6.06. The van der Waals surface area contributed by atoms with Crippen molar-refractivity contribution >= 4 is 5.91 Å². The fourth-order valence-electron chi connectivity index (χ4n) is 3.58. The zero-order chi connectivity index (χ0) is 14.7. The van der Waals surface area contributed by atoms with Crippen LogP contribution in [-0.4, -0.2) is 44.1 Å². The predicted octanol–water partition coefficient (Wildman–Crippen LogP) is 1.84. The Morgan fingerprint density at radius 1 is 1.33 bits per heavy atom. The third-order valence-electron chi connectivity index (χ3n) is 4.94. The standard InChI is InChI=1S/C17H24N2O2/c1-21-15-4-2-3-14(11-15)12-16(20)19-10-7-17(13-19)5-8-18-9-6-17/h2-4,11,18H,5-10,12-13H2,1H3. The van der Waals surface area contributed by atoms with Crippen LogP contribution in [0.1, 0.15) is 24.8 Å². The Hall–Kier alpha value is -1.55. The number of nitrogens with zero attached hydrogens (tertiary/aromatic N) is 1. The molecule has 114 valence electrons. The molecular formula is C17H24N2O2. The summed E-state index contributed by atoms with van der Waals surface area (Å²) in [5.74, 6) is 1.07. The minimum absolute atomic E-state index is 0.249. The van der Waals surface area contributed by atoms with Gasteiger partial charge >= 0.3 is 0 Å². The molecular weight excluding hydrogens is 264 g/mol. The van der Waals surface area contributed by atoms with Crippen LogP contribution in [0.3, 0.4) is 0 Å². The maximum atomic E-state index is 12.5. The van der Waals surface area contributed by atoms with Crippen molar-refractivity contribution in [2.75, 3.05) is 33.3 Å². The summed E-state index contributed by atoms with van der Waals surface area (Å²) >= 11 is 0. The lowest BCUT2D eigenvalue weighted by Crippen LogP contribution is -2.40. The van der Waals surface area contributed by atoms with Gasteiger partial charge in [-0.3, -0.25) is 4.79 Å². The Bertz CT molecular complexity index is 509. The number of rotatable bonds is 3. The van der Waals surface area contributed by atoms with E-state index in [-0.39, 0.29) is 5.91 Å². The number of nitrogens with one attached hydrogen (secondary N) is 1. The van der Waals surface area contributed by atoms with Gasteiger partial charge in [-0.15, -0.1) is 0 Å². The minimum Gasteiger partial charge on any atom is -0.497 e. The molecule has 1 aromatic carbocycles. The Morgan fingerprint density at radius 3 is 2.90 bits per heavy atom. The summed E-state index contributed by atoms with van der Waals surface area (Å²) in [6, 6.07) is 7.80. The number of amides is 1. The molecule has 2 heterocycles. The second-order valence-corrected chi connectivity index (χ2v) is 6.34. The van der Waals surface area contributed by atoms with Crippen molar-refractivity contribution in [1.29, 1.82) is 0 Å². The van der Waals surface area contributed by atoms with Crippen molar-refractivity contribution in [3.05, 3.63) is 29.8 Å². The van der Waals surface area contributed by atoms with E-state index in [9.17, 15) is 4.79 Å². The highest BCUT2D eigenvalue weighted by atomic mass is 16.5. The van der Waals surface area contributed by atoms with Gasteiger partial charge in [-0.1, -0.05) is 12.1 Å². The van der Waals surface area contributed by atoms with Crippen molar-refractivity contribution in [2.24, 2.45) is 5.41 Å². The first-order valence-corrected chi connectivity index (χ1v) is 7.82. The van der Waals surface area contributed by atoms with E-state index in [2.05, 4.69) is 10.2 Å². The van der Waals surface area contributed by atoms with Gasteiger partial charge in [0.25, 0.3) is 0 Å². The van der Waals surface area contributed by atoms with Crippen LogP contribution in [0.5, 0.6) is 5.75 Å². The Kier molecular flexibility index (Phi) is 4.15. The molecule has 0 bridgehead atoms. The van der Waals surface area contributed by atoms with Crippen LogP contribution in [0.25, 0.3) is 0 Å². The van der Waals surface area contributed by atoms with Gasteiger partial charge in [-0.25, -0.2) is 0 Å². The van der Waals surface area contributed by atoms with E-state index >= 15 is 0 Å². The topological polar surface area (TPSA) is 41.6 Å². The van der Waals surface area contributed by atoms with Crippen molar-refractivity contribution < 1.29 is 9.53 Å². The number of ether oxygens (including phenoxy) is 1. The van der Waals surface area contributed by atoms with E-state index in [0.29, 0.717) is 11.8 Å². The smallest absolute Gasteiger partial charge is 0.227 e. The number of hydrogen-bond acceptors (Lipinski definition) is 3. The van der Waals surface area contributed by atoms with Crippen LogP contribution < -0.4 is 10.1 Å². The van der Waals surface area contributed by atoms with Gasteiger partial charge in [-0.05, 0) is 55.5 Å². The monoisotopic (exact) mass is 288 g/mol. The average molecular weight is 288 g/mol. The number of carbonyl (C=O) groups is 1. The summed E-state index contributed by atoms with van der Waals surface area (Å²) in [5, 5.41) is 3.42. The van der Waals surface area contributed by atoms with E-state index in [1.807, 2.05) is 24.3 Å². The van der Waals surface area contributed by atoms with Crippen molar-refractivity contribution in [3.63, 3.8) is 0 Å². The summed E-state index contributed by atoms with van der Waals surface area (Å²) in [6.45, 7) is 4.05. The molecule has 21 heavy (non-hydrogen) atoms. The predicted molar refractivity (Wildman–Crippen MR) is 82.4 cm³/mol. The fraction of sp³-hybridized carbons (Fsp3) is 0.588. The van der Waals surface area contributed by atoms with Crippen molar-refractivity contribution in [1.82, 2.24) is 10.2 Å². The Labute approximate surface area is 126 Å². The average Bonchev–Trinajstić information content (AvgIpc) is 2.92. The third kappa shape index (κ3) is 3.21. The molecule has 0 aromatic heterocycles. The summed E-state index contributed by atoms with van der Waals surface area (Å²) in [7, 11) is 1.66. The van der Waals surface area contributed by atoms with E-state index in [4.69, 9.17) is 4.74 Å². The van der Waals surface area contributed by atoms with Gasteiger partial charge < -0.3 is 15.0 Å². The van der Waals surface area contributed by atoms with Gasteiger partial charge in [0.15, 0.2) is 0 Å².